The molecule has 0 spiro atoms. The molecule has 0 atom stereocenters. The molecule has 0 aliphatic rings. The van der Waals surface area contributed by atoms with Crippen molar-refractivity contribution in [3.05, 3.63) is 82.3 Å². The molecule has 26 heavy (non-hydrogen) atoms. The predicted octanol–water partition coefficient (Wildman–Crippen LogP) is 5.63. The minimum absolute atomic E-state index is 0. The van der Waals surface area contributed by atoms with Crippen molar-refractivity contribution in [2.24, 2.45) is 0 Å². The van der Waals surface area contributed by atoms with Gasteiger partial charge < -0.3 is 15.8 Å². The van der Waals surface area contributed by atoms with Crippen molar-refractivity contribution in [2.75, 3.05) is 11.1 Å². The smallest absolute Gasteiger partial charge is 0.193 e. The first kappa shape index (κ1) is 20.2. The number of rotatable bonds is 5. The van der Waals surface area contributed by atoms with Gasteiger partial charge in [-0.2, -0.15) is 0 Å². The average molecular weight is 461 g/mol. The third-order valence-corrected chi connectivity index (χ3v) is 4.07. The van der Waals surface area contributed by atoms with E-state index in [1.165, 1.54) is 0 Å². The number of nitrogens with one attached hydrogen (secondary N) is 1. The maximum absolute atomic E-state index is 14.7. The van der Waals surface area contributed by atoms with Crippen LogP contribution >= 0.6 is 15.9 Å². The summed E-state index contributed by atoms with van der Waals surface area (Å²) in [6.07, 6.45) is 0. The molecule has 0 saturated carbocycles. The average Bonchev–Trinajstić information content (AvgIpc) is 2.61. The first-order valence-electron chi connectivity index (χ1n) is 7.51. The molecule has 0 radical (unpaired) electrons. The number of benzene rings is 3. The number of nitrogens with two attached hydrogens (primary N) is 1. The molecular formula is C19H15BrF2FeN2O. The molecule has 0 aliphatic heterocycles. The molecule has 3 aromatic rings. The van der Waals surface area contributed by atoms with E-state index in [1.54, 1.807) is 24.3 Å². The molecule has 0 amide bonds. The van der Waals surface area contributed by atoms with Crippen LogP contribution in [0.1, 0.15) is 5.56 Å². The normalized spacial score (nSPS) is 10.1. The quantitative estimate of drug-likeness (QED) is 0.383. The summed E-state index contributed by atoms with van der Waals surface area (Å²) in [4.78, 5) is 0. The first-order chi connectivity index (χ1) is 12.0. The van der Waals surface area contributed by atoms with Crippen molar-refractivity contribution in [3.8, 4) is 5.75 Å². The molecule has 0 aliphatic carbocycles. The van der Waals surface area contributed by atoms with Crippen LogP contribution < -0.4 is 15.8 Å². The van der Waals surface area contributed by atoms with Gasteiger partial charge in [0.1, 0.15) is 12.3 Å². The van der Waals surface area contributed by atoms with Gasteiger partial charge in [0.05, 0.1) is 5.69 Å². The molecule has 0 aromatic heterocycles. The van der Waals surface area contributed by atoms with Crippen LogP contribution in [0.3, 0.4) is 0 Å². The van der Waals surface area contributed by atoms with Crippen LogP contribution in [0.4, 0.5) is 25.8 Å². The van der Waals surface area contributed by atoms with Crippen molar-refractivity contribution in [1.82, 2.24) is 0 Å². The fourth-order valence-electron chi connectivity index (χ4n) is 2.29. The monoisotopic (exact) mass is 460 g/mol. The van der Waals surface area contributed by atoms with Crippen LogP contribution in [0, 0.1) is 11.6 Å². The van der Waals surface area contributed by atoms with Gasteiger partial charge in [-0.1, -0.05) is 46.3 Å². The number of anilines is 3. The van der Waals surface area contributed by atoms with Crippen molar-refractivity contribution in [3.63, 3.8) is 0 Å². The Hall–Kier alpha value is -2.08. The van der Waals surface area contributed by atoms with Gasteiger partial charge in [-0.3, -0.25) is 0 Å². The summed E-state index contributed by atoms with van der Waals surface area (Å²) in [5.74, 6) is -2.17. The third kappa shape index (κ3) is 4.75. The van der Waals surface area contributed by atoms with Gasteiger partial charge in [0, 0.05) is 33.3 Å². The molecule has 0 fully saturated rings. The first-order valence-corrected chi connectivity index (χ1v) is 8.30. The van der Waals surface area contributed by atoms with E-state index < -0.39 is 17.4 Å². The second kappa shape index (κ2) is 9.03. The molecule has 0 unspecified atom stereocenters. The minimum Gasteiger partial charge on any atom is -0.483 e. The summed E-state index contributed by atoms with van der Waals surface area (Å²) in [6.45, 7) is 0.0519. The minimum atomic E-state index is -0.864. The van der Waals surface area contributed by atoms with Gasteiger partial charge in [0.15, 0.2) is 17.4 Å². The zero-order valence-electron chi connectivity index (χ0n) is 13.5. The zero-order chi connectivity index (χ0) is 17.8. The van der Waals surface area contributed by atoms with Gasteiger partial charge in [-0.25, -0.2) is 8.78 Å². The molecule has 3 rings (SSSR count). The molecule has 3 aromatic carbocycles. The topological polar surface area (TPSA) is 47.3 Å². The molecular weight excluding hydrogens is 446 g/mol. The second-order valence-corrected chi connectivity index (χ2v) is 6.29. The zero-order valence-corrected chi connectivity index (χ0v) is 16.1. The largest absolute Gasteiger partial charge is 0.483 e. The Kier molecular flexibility index (Phi) is 7.03. The van der Waals surface area contributed by atoms with Gasteiger partial charge in [-0.05, 0) is 29.8 Å². The molecule has 136 valence electrons. The van der Waals surface area contributed by atoms with Crippen molar-refractivity contribution in [1.29, 1.82) is 0 Å². The summed E-state index contributed by atoms with van der Waals surface area (Å²) < 4.78 is 35.1. The Balaban J connectivity index is 0.00000243. The van der Waals surface area contributed by atoms with Crippen molar-refractivity contribution in [2.45, 2.75) is 6.61 Å². The number of nitrogen functional groups attached to an aromatic ring is 1. The van der Waals surface area contributed by atoms with E-state index in [2.05, 4.69) is 21.2 Å². The molecule has 0 saturated heterocycles. The number of hydrogen-bond donors (Lipinski definition) is 2. The van der Waals surface area contributed by atoms with Gasteiger partial charge in [0.2, 0.25) is 0 Å². The van der Waals surface area contributed by atoms with E-state index in [1.807, 2.05) is 30.3 Å². The van der Waals surface area contributed by atoms with Gasteiger partial charge in [0.25, 0.3) is 0 Å². The third-order valence-electron chi connectivity index (χ3n) is 3.55. The van der Waals surface area contributed by atoms with Crippen LogP contribution in [0.2, 0.25) is 0 Å². The molecule has 3 nitrogen and oxygen atoms in total. The fraction of sp³-hybridized carbons (Fsp3) is 0.0526. The Morgan fingerprint density at radius 2 is 1.65 bits per heavy atom. The van der Waals surface area contributed by atoms with Crippen LogP contribution in [0.5, 0.6) is 5.75 Å². The SMILES string of the molecule is Nc1cc(F)c(OCc2ccccc2)c(F)c1Nc1ccc(Br)cc1.[Fe]. The van der Waals surface area contributed by atoms with E-state index in [9.17, 15) is 8.78 Å². The van der Waals surface area contributed by atoms with E-state index in [-0.39, 0.29) is 35.1 Å². The predicted molar refractivity (Wildman–Crippen MR) is 99.0 cm³/mol. The Bertz CT molecular complexity index is 877. The van der Waals surface area contributed by atoms with Crippen LogP contribution in [0.25, 0.3) is 0 Å². The van der Waals surface area contributed by atoms with Crippen LogP contribution in [0.15, 0.2) is 65.1 Å². The maximum Gasteiger partial charge on any atom is 0.193 e. The standard InChI is InChI=1S/C19H15BrF2N2O.Fe/c20-13-6-8-14(9-7-13)24-18-16(23)10-15(21)19(17(18)22)25-11-12-4-2-1-3-5-12;/h1-10,24H,11,23H2;. The molecule has 0 bridgehead atoms. The van der Waals surface area contributed by atoms with E-state index in [0.29, 0.717) is 5.69 Å². The summed E-state index contributed by atoms with van der Waals surface area (Å²) >= 11 is 3.33. The molecule has 0 heterocycles. The van der Waals surface area contributed by atoms with Crippen LogP contribution in [-0.4, -0.2) is 0 Å². The summed E-state index contributed by atoms with van der Waals surface area (Å²) in [6, 6.07) is 17.3. The summed E-state index contributed by atoms with van der Waals surface area (Å²) in [7, 11) is 0. The molecule has 7 heteroatoms. The van der Waals surface area contributed by atoms with E-state index in [4.69, 9.17) is 10.5 Å². The number of halogens is 3. The van der Waals surface area contributed by atoms with Crippen LogP contribution in [-0.2, 0) is 23.7 Å². The second-order valence-electron chi connectivity index (χ2n) is 5.37. The number of ether oxygens (including phenoxy) is 1. The fourth-order valence-corrected chi connectivity index (χ4v) is 2.55. The van der Waals surface area contributed by atoms with E-state index >= 15 is 0 Å². The Morgan fingerprint density at radius 1 is 1.00 bits per heavy atom. The number of hydrogen-bond acceptors (Lipinski definition) is 3. The maximum atomic E-state index is 14.7. The van der Waals surface area contributed by atoms with Gasteiger partial charge in [-0.15, -0.1) is 0 Å². The van der Waals surface area contributed by atoms with Crippen molar-refractivity contribution >= 4 is 33.0 Å². The summed E-state index contributed by atoms with van der Waals surface area (Å²) in [5, 5.41) is 2.87. The van der Waals surface area contributed by atoms with Crippen molar-refractivity contribution < 1.29 is 30.6 Å². The molecule has 3 N–H and O–H groups in total. The summed E-state index contributed by atoms with van der Waals surface area (Å²) in [5.41, 5.74) is 7.14. The Labute approximate surface area is 169 Å². The van der Waals surface area contributed by atoms with E-state index in [0.717, 1.165) is 16.1 Å². The van der Waals surface area contributed by atoms with Gasteiger partial charge >= 0.3 is 0 Å². The Morgan fingerprint density at radius 3 is 2.31 bits per heavy atom.